The van der Waals surface area contributed by atoms with Crippen LogP contribution in [-0.4, -0.2) is 24.9 Å². The van der Waals surface area contributed by atoms with Crippen molar-refractivity contribution in [1.29, 1.82) is 0 Å². The maximum Gasteiger partial charge on any atom is 0.223 e. The third kappa shape index (κ3) is 1.50. The van der Waals surface area contributed by atoms with Gasteiger partial charge in [-0.1, -0.05) is 0 Å². The van der Waals surface area contributed by atoms with Crippen molar-refractivity contribution in [2.24, 2.45) is 0 Å². The number of hydrogen-bond donors (Lipinski definition) is 2. The van der Waals surface area contributed by atoms with Crippen molar-refractivity contribution < 1.29 is 9.59 Å². The van der Waals surface area contributed by atoms with Crippen LogP contribution in [0.5, 0.6) is 0 Å². The molecule has 50 valence electrons. The average Bonchev–Trinajstić information content (AvgIpc) is 1.88. The van der Waals surface area contributed by atoms with E-state index in [2.05, 4.69) is 10.6 Å². The second-order valence-corrected chi connectivity index (χ2v) is 1.93. The van der Waals surface area contributed by atoms with E-state index in [1.807, 2.05) is 0 Å². The predicted molar refractivity (Wildman–Crippen MR) is 30.6 cm³/mol. The minimum atomic E-state index is -0.279. The molecular weight excluding hydrogens is 120 g/mol. The molecule has 4 heteroatoms. The fourth-order valence-electron chi connectivity index (χ4n) is 0.721. The fourth-order valence-corrected chi connectivity index (χ4v) is 0.721. The summed E-state index contributed by atoms with van der Waals surface area (Å²) in [6.45, 7) is 0.405. The van der Waals surface area contributed by atoms with Crippen LogP contribution >= 0.6 is 0 Å². The van der Waals surface area contributed by atoms with Gasteiger partial charge in [-0.3, -0.25) is 10.1 Å². The van der Waals surface area contributed by atoms with Crippen LogP contribution in [-0.2, 0) is 9.59 Å². The van der Waals surface area contributed by atoms with Gasteiger partial charge in [-0.05, 0) is 0 Å². The second-order valence-electron chi connectivity index (χ2n) is 1.93. The molecule has 1 amide bonds. The molecule has 0 aromatic heterocycles. The quantitative estimate of drug-likeness (QED) is 0.428. The van der Waals surface area contributed by atoms with E-state index in [1.54, 1.807) is 0 Å². The molecule has 1 saturated heterocycles. The highest BCUT2D eigenvalue weighted by atomic mass is 16.2. The van der Waals surface area contributed by atoms with E-state index in [4.69, 9.17) is 0 Å². The smallest absolute Gasteiger partial charge is 0.223 e. The Kier molecular flexibility index (Phi) is 1.79. The minimum absolute atomic E-state index is 0.0640. The van der Waals surface area contributed by atoms with Gasteiger partial charge in [-0.25, -0.2) is 0 Å². The third-order valence-electron chi connectivity index (χ3n) is 1.22. The summed E-state index contributed by atoms with van der Waals surface area (Å²) in [4.78, 5) is 20.6. The lowest BCUT2D eigenvalue weighted by Gasteiger charge is -2.18. The summed E-state index contributed by atoms with van der Waals surface area (Å²) in [6.07, 6.45) is 1.02. The zero-order chi connectivity index (χ0) is 6.69. The molecule has 0 spiro atoms. The fraction of sp³-hybridized carbons (Fsp3) is 0.600. The zero-order valence-electron chi connectivity index (χ0n) is 4.89. The van der Waals surface area contributed by atoms with Crippen LogP contribution in [0.15, 0.2) is 0 Å². The van der Waals surface area contributed by atoms with Crippen LogP contribution < -0.4 is 10.6 Å². The van der Waals surface area contributed by atoms with E-state index in [1.165, 1.54) is 0 Å². The first-order valence-electron chi connectivity index (χ1n) is 2.78. The molecule has 0 radical (unpaired) electrons. The van der Waals surface area contributed by atoms with Gasteiger partial charge in [0.15, 0.2) is 0 Å². The van der Waals surface area contributed by atoms with E-state index in [-0.39, 0.29) is 18.4 Å². The molecule has 0 saturated carbocycles. The van der Waals surface area contributed by atoms with E-state index < -0.39 is 0 Å². The number of rotatable bonds is 1. The molecule has 1 rings (SSSR count). The molecule has 1 atom stereocenters. The SMILES string of the molecule is O=CC1CC(=O)NCN1. The highest BCUT2D eigenvalue weighted by Gasteiger charge is 2.16. The Morgan fingerprint density at radius 2 is 2.44 bits per heavy atom. The van der Waals surface area contributed by atoms with Crippen LogP contribution in [0.4, 0.5) is 0 Å². The summed E-state index contributed by atoms with van der Waals surface area (Å²) in [7, 11) is 0. The topological polar surface area (TPSA) is 58.2 Å². The predicted octanol–water partition coefficient (Wildman–Crippen LogP) is -1.38. The lowest BCUT2D eigenvalue weighted by Crippen LogP contribution is -2.48. The van der Waals surface area contributed by atoms with E-state index >= 15 is 0 Å². The van der Waals surface area contributed by atoms with Crippen molar-refractivity contribution in [2.75, 3.05) is 6.67 Å². The first-order valence-corrected chi connectivity index (χ1v) is 2.78. The Labute approximate surface area is 52.6 Å². The largest absolute Gasteiger partial charge is 0.343 e. The number of hydrogen-bond acceptors (Lipinski definition) is 3. The number of amides is 1. The monoisotopic (exact) mass is 128 g/mol. The summed E-state index contributed by atoms with van der Waals surface area (Å²) < 4.78 is 0. The number of carbonyl (C=O) groups is 2. The molecule has 1 heterocycles. The summed E-state index contributed by atoms with van der Waals surface area (Å²) >= 11 is 0. The van der Waals surface area contributed by atoms with Crippen LogP contribution in [0.3, 0.4) is 0 Å². The number of aldehydes is 1. The molecule has 0 aliphatic carbocycles. The van der Waals surface area contributed by atoms with Crippen LogP contribution in [0.1, 0.15) is 6.42 Å². The molecule has 1 aliphatic rings. The highest BCUT2D eigenvalue weighted by molar-refractivity contribution is 5.81. The number of carbonyl (C=O) groups excluding carboxylic acids is 2. The number of nitrogens with one attached hydrogen (secondary N) is 2. The minimum Gasteiger partial charge on any atom is -0.343 e. The maximum atomic E-state index is 10.5. The normalized spacial score (nSPS) is 27.1. The van der Waals surface area contributed by atoms with Crippen molar-refractivity contribution in [2.45, 2.75) is 12.5 Å². The summed E-state index contributed by atoms with van der Waals surface area (Å²) in [5, 5.41) is 5.34. The molecule has 0 aromatic carbocycles. The van der Waals surface area contributed by atoms with Crippen molar-refractivity contribution in [3.05, 3.63) is 0 Å². The van der Waals surface area contributed by atoms with Crippen molar-refractivity contribution >= 4 is 12.2 Å². The third-order valence-corrected chi connectivity index (χ3v) is 1.22. The van der Waals surface area contributed by atoms with E-state index in [0.717, 1.165) is 6.29 Å². The Hall–Kier alpha value is -0.900. The van der Waals surface area contributed by atoms with E-state index in [9.17, 15) is 9.59 Å². The first-order chi connectivity index (χ1) is 4.33. The standard InChI is InChI=1S/C5H8N2O2/c8-2-4-1-5(9)7-3-6-4/h2,4,6H,1,3H2,(H,7,9). The molecule has 9 heavy (non-hydrogen) atoms. The zero-order valence-corrected chi connectivity index (χ0v) is 4.89. The molecule has 0 aromatic rings. The van der Waals surface area contributed by atoms with Crippen LogP contribution in [0.25, 0.3) is 0 Å². The Balaban J connectivity index is 2.40. The summed E-state index contributed by atoms with van der Waals surface area (Å²) in [5.74, 6) is -0.0640. The maximum absolute atomic E-state index is 10.5. The molecule has 1 aliphatic heterocycles. The van der Waals surface area contributed by atoms with Gasteiger partial charge in [0.1, 0.15) is 6.29 Å². The van der Waals surface area contributed by atoms with E-state index in [0.29, 0.717) is 6.67 Å². The Bertz CT molecular complexity index is 135. The molecule has 1 fully saturated rings. The summed E-state index contributed by atoms with van der Waals surface area (Å²) in [6, 6.07) is -0.279. The van der Waals surface area contributed by atoms with Gasteiger partial charge in [0.2, 0.25) is 5.91 Å². The first kappa shape index (κ1) is 6.22. The lowest BCUT2D eigenvalue weighted by molar-refractivity contribution is -0.125. The molecule has 4 nitrogen and oxygen atoms in total. The van der Waals surface area contributed by atoms with Crippen LogP contribution in [0, 0.1) is 0 Å². The van der Waals surface area contributed by atoms with Crippen molar-refractivity contribution in [3.8, 4) is 0 Å². The van der Waals surface area contributed by atoms with Crippen LogP contribution in [0.2, 0.25) is 0 Å². The van der Waals surface area contributed by atoms with Gasteiger partial charge >= 0.3 is 0 Å². The average molecular weight is 128 g/mol. The second kappa shape index (κ2) is 2.59. The molecule has 2 N–H and O–H groups in total. The van der Waals surface area contributed by atoms with Crippen molar-refractivity contribution in [3.63, 3.8) is 0 Å². The summed E-state index contributed by atoms with van der Waals surface area (Å²) in [5.41, 5.74) is 0. The Morgan fingerprint density at radius 3 is 2.89 bits per heavy atom. The van der Waals surface area contributed by atoms with Gasteiger partial charge in [-0.15, -0.1) is 0 Å². The lowest BCUT2D eigenvalue weighted by atomic mass is 10.2. The van der Waals surface area contributed by atoms with Crippen molar-refractivity contribution in [1.82, 2.24) is 10.6 Å². The van der Waals surface area contributed by atoms with Gasteiger partial charge in [0.05, 0.1) is 12.7 Å². The molecular formula is C5H8N2O2. The molecule has 1 unspecified atom stereocenters. The van der Waals surface area contributed by atoms with Gasteiger partial charge in [-0.2, -0.15) is 0 Å². The highest BCUT2D eigenvalue weighted by Crippen LogP contribution is 1.91. The van der Waals surface area contributed by atoms with Gasteiger partial charge in [0.25, 0.3) is 0 Å². The molecule has 0 bridgehead atoms. The van der Waals surface area contributed by atoms with Gasteiger partial charge < -0.3 is 10.1 Å². The Morgan fingerprint density at radius 1 is 1.67 bits per heavy atom. The van der Waals surface area contributed by atoms with Gasteiger partial charge in [0, 0.05) is 6.42 Å².